The Morgan fingerprint density at radius 1 is 1.46 bits per heavy atom. The summed E-state index contributed by atoms with van der Waals surface area (Å²) >= 11 is 1.64. The van der Waals surface area contributed by atoms with Crippen LogP contribution < -0.4 is 5.73 Å². The topological polar surface area (TPSA) is 46.2 Å². The molecule has 13 heavy (non-hydrogen) atoms. The summed E-state index contributed by atoms with van der Waals surface area (Å²) in [6.07, 6.45) is 3.51. The van der Waals surface area contributed by atoms with Crippen LogP contribution in [0, 0.1) is 0 Å². The van der Waals surface area contributed by atoms with Gasteiger partial charge in [-0.25, -0.2) is 0 Å². The third-order valence-electron chi connectivity index (χ3n) is 2.84. The molecule has 1 saturated carbocycles. The van der Waals surface area contributed by atoms with Gasteiger partial charge in [0, 0.05) is 10.9 Å². The molecule has 3 N–H and O–H groups in total. The lowest BCUT2D eigenvalue weighted by molar-refractivity contribution is -0.00157. The van der Waals surface area contributed by atoms with Crippen molar-refractivity contribution in [3.63, 3.8) is 0 Å². The van der Waals surface area contributed by atoms with Crippen LogP contribution in [0.15, 0.2) is 17.5 Å². The summed E-state index contributed by atoms with van der Waals surface area (Å²) in [6.45, 7) is 0. The van der Waals surface area contributed by atoms with E-state index in [1.54, 1.807) is 11.3 Å². The maximum Gasteiger partial charge on any atom is 0.0989 e. The molecule has 72 valence electrons. The number of nitrogens with two attached hydrogens (primary N) is 1. The van der Waals surface area contributed by atoms with Gasteiger partial charge in [-0.1, -0.05) is 6.07 Å². The number of hydrogen-bond acceptors (Lipinski definition) is 3. The molecule has 0 unspecified atom stereocenters. The van der Waals surface area contributed by atoms with Gasteiger partial charge in [0.2, 0.25) is 0 Å². The molecule has 1 aromatic heterocycles. The summed E-state index contributed by atoms with van der Waals surface area (Å²) < 4.78 is 0. The minimum absolute atomic E-state index is 0.292. The fourth-order valence-corrected chi connectivity index (χ4v) is 2.79. The molecule has 0 saturated heterocycles. The Morgan fingerprint density at radius 3 is 2.69 bits per heavy atom. The van der Waals surface area contributed by atoms with E-state index in [1.165, 1.54) is 0 Å². The fraction of sp³-hybridized carbons (Fsp3) is 0.600. The summed E-state index contributed by atoms with van der Waals surface area (Å²) in [5.41, 5.74) is 5.22. The van der Waals surface area contributed by atoms with E-state index >= 15 is 0 Å². The van der Waals surface area contributed by atoms with Crippen LogP contribution >= 0.6 is 11.3 Å². The lowest BCUT2D eigenvalue weighted by Gasteiger charge is -2.33. The fourth-order valence-electron chi connectivity index (χ4n) is 1.91. The quantitative estimate of drug-likeness (QED) is 0.721. The predicted molar refractivity (Wildman–Crippen MR) is 54.7 cm³/mol. The molecule has 0 aliphatic heterocycles. The highest BCUT2D eigenvalue weighted by Gasteiger charge is 2.34. The molecule has 0 amide bonds. The van der Waals surface area contributed by atoms with Gasteiger partial charge in [-0.15, -0.1) is 11.3 Å². The molecule has 2 rings (SSSR count). The van der Waals surface area contributed by atoms with Crippen LogP contribution in [0.2, 0.25) is 0 Å². The molecule has 0 atom stereocenters. The Morgan fingerprint density at radius 2 is 2.15 bits per heavy atom. The molecule has 1 aliphatic rings. The van der Waals surface area contributed by atoms with Gasteiger partial charge in [0.05, 0.1) is 5.60 Å². The maximum atomic E-state index is 10.3. The second-order valence-corrected chi connectivity index (χ2v) is 4.79. The third kappa shape index (κ3) is 1.77. The van der Waals surface area contributed by atoms with Crippen LogP contribution in [0.1, 0.15) is 30.6 Å². The van der Waals surface area contributed by atoms with Gasteiger partial charge in [-0.2, -0.15) is 0 Å². The third-order valence-corrected chi connectivity index (χ3v) is 3.90. The van der Waals surface area contributed by atoms with Crippen LogP contribution in [0.5, 0.6) is 0 Å². The first kappa shape index (κ1) is 9.19. The average Bonchev–Trinajstić information content (AvgIpc) is 2.63. The lowest BCUT2D eigenvalue weighted by atomic mass is 9.81. The average molecular weight is 197 g/mol. The lowest BCUT2D eigenvalue weighted by Crippen LogP contribution is -2.36. The Balaban J connectivity index is 2.13. The Bertz CT molecular complexity index is 262. The number of aliphatic hydroxyl groups is 1. The van der Waals surface area contributed by atoms with Crippen molar-refractivity contribution in [2.24, 2.45) is 5.73 Å². The number of hydrogen-bond donors (Lipinski definition) is 2. The summed E-state index contributed by atoms with van der Waals surface area (Å²) in [6, 6.07) is 4.30. The zero-order valence-corrected chi connectivity index (χ0v) is 8.39. The van der Waals surface area contributed by atoms with Crippen LogP contribution in [-0.4, -0.2) is 11.1 Å². The summed E-state index contributed by atoms with van der Waals surface area (Å²) in [5.74, 6) is 0. The van der Waals surface area contributed by atoms with E-state index in [9.17, 15) is 5.11 Å². The smallest absolute Gasteiger partial charge is 0.0989 e. The zero-order valence-electron chi connectivity index (χ0n) is 7.57. The predicted octanol–water partition coefficient (Wildman–Crippen LogP) is 1.84. The molecule has 1 heterocycles. The van der Waals surface area contributed by atoms with Crippen molar-refractivity contribution in [1.29, 1.82) is 0 Å². The highest BCUT2D eigenvalue weighted by Crippen LogP contribution is 2.38. The standard InChI is InChI=1S/C10H15NOS/c11-8-3-5-10(12,6-4-8)9-2-1-7-13-9/h1-2,7-8,12H,3-6,11H2. The Labute approximate surface area is 82.4 Å². The van der Waals surface area contributed by atoms with Crippen LogP contribution in [0.3, 0.4) is 0 Å². The van der Waals surface area contributed by atoms with Crippen molar-refractivity contribution in [3.8, 4) is 0 Å². The van der Waals surface area contributed by atoms with Crippen molar-refractivity contribution in [3.05, 3.63) is 22.4 Å². The summed E-state index contributed by atoms with van der Waals surface area (Å²) in [4.78, 5) is 1.10. The number of thiophene rings is 1. The molecule has 0 aromatic carbocycles. The summed E-state index contributed by atoms with van der Waals surface area (Å²) in [5, 5.41) is 12.3. The Hall–Kier alpha value is -0.380. The van der Waals surface area contributed by atoms with Crippen molar-refractivity contribution in [2.45, 2.75) is 37.3 Å². The maximum absolute atomic E-state index is 10.3. The minimum Gasteiger partial charge on any atom is -0.384 e. The second kappa shape index (κ2) is 3.40. The van der Waals surface area contributed by atoms with Crippen molar-refractivity contribution in [2.75, 3.05) is 0 Å². The normalized spacial score (nSPS) is 34.8. The first-order valence-corrected chi connectivity index (χ1v) is 5.61. The van der Waals surface area contributed by atoms with E-state index in [0.717, 1.165) is 30.6 Å². The van der Waals surface area contributed by atoms with E-state index in [4.69, 9.17) is 5.73 Å². The second-order valence-electron chi connectivity index (χ2n) is 3.85. The molecule has 1 aliphatic carbocycles. The number of rotatable bonds is 1. The molecule has 2 nitrogen and oxygen atoms in total. The van der Waals surface area contributed by atoms with E-state index < -0.39 is 5.60 Å². The van der Waals surface area contributed by atoms with Gasteiger partial charge in [0.15, 0.2) is 0 Å². The Kier molecular flexibility index (Phi) is 2.41. The van der Waals surface area contributed by atoms with Gasteiger partial charge in [0.25, 0.3) is 0 Å². The van der Waals surface area contributed by atoms with Crippen molar-refractivity contribution in [1.82, 2.24) is 0 Å². The minimum atomic E-state index is -0.579. The van der Waals surface area contributed by atoms with Crippen LogP contribution in [-0.2, 0) is 5.60 Å². The monoisotopic (exact) mass is 197 g/mol. The van der Waals surface area contributed by atoms with Gasteiger partial charge >= 0.3 is 0 Å². The molecule has 0 radical (unpaired) electrons. The van der Waals surface area contributed by atoms with E-state index in [1.807, 2.05) is 17.5 Å². The molecule has 3 heteroatoms. The van der Waals surface area contributed by atoms with E-state index in [2.05, 4.69) is 0 Å². The van der Waals surface area contributed by atoms with Gasteiger partial charge < -0.3 is 10.8 Å². The molecular formula is C10H15NOS. The van der Waals surface area contributed by atoms with Gasteiger partial charge in [-0.3, -0.25) is 0 Å². The van der Waals surface area contributed by atoms with Gasteiger partial charge in [-0.05, 0) is 37.1 Å². The molecule has 0 spiro atoms. The first-order chi connectivity index (χ1) is 6.21. The summed E-state index contributed by atoms with van der Waals surface area (Å²) in [7, 11) is 0. The van der Waals surface area contributed by atoms with Gasteiger partial charge in [0.1, 0.15) is 0 Å². The largest absolute Gasteiger partial charge is 0.384 e. The molecule has 0 bridgehead atoms. The first-order valence-electron chi connectivity index (χ1n) is 4.73. The molecular weight excluding hydrogens is 182 g/mol. The van der Waals surface area contributed by atoms with E-state index in [-0.39, 0.29) is 0 Å². The highest BCUT2D eigenvalue weighted by atomic mass is 32.1. The molecule has 1 aromatic rings. The van der Waals surface area contributed by atoms with E-state index in [0.29, 0.717) is 6.04 Å². The highest BCUT2D eigenvalue weighted by molar-refractivity contribution is 7.10. The van der Waals surface area contributed by atoms with Crippen LogP contribution in [0.4, 0.5) is 0 Å². The SMILES string of the molecule is NC1CCC(O)(c2cccs2)CC1. The van der Waals surface area contributed by atoms with Crippen molar-refractivity contribution < 1.29 is 5.11 Å². The van der Waals surface area contributed by atoms with Crippen molar-refractivity contribution >= 4 is 11.3 Å². The zero-order chi connectivity index (χ0) is 9.31. The van der Waals surface area contributed by atoms with Crippen LogP contribution in [0.25, 0.3) is 0 Å². The molecule has 1 fully saturated rings.